The average Bonchev–Trinajstić information content (AvgIpc) is 2.74. The number of nitrogen functional groups attached to an aromatic ring is 1. The van der Waals surface area contributed by atoms with Gasteiger partial charge in [-0.3, -0.25) is 0 Å². The summed E-state index contributed by atoms with van der Waals surface area (Å²) in [6.45, 7) is 1.09. The minimum atomic E-state index is -0.249. The Balaban J connectivity index is 2.14. The van der Waals surface area contributed by atoms with Crippen molar-refractivity contribution >= 4 is 11.4 Å². The molecule has 0 bridgehead atoms. The van der Waals surface area contributed by atoms with Gasteiger partial charge in [0.05, 0.1) is 5.69 Å². The van der Waals surface area contributed by atoms with E-state index in [0.717, 1.165) is 32.2 Å². The summed E-state index contributed by atoms with van der Waals surface area (Å²) in [7, 11) is 0. The molecule has 0 spiro atoms. The van der Waals surface area contributed by atoms with Gasteiger partial charge in [0, 0.05) is 24.9 Å². The second kappa shape index (κ2) is 5.36. The molecule has 4 heteroatoms. The Hall–Kier alpha value is -1.29. The zero-order valence-corrected chi connectivity index (χ0v) is 9.90. The van der Waals surface area contributed by atoms with Gasteiger partial charge in [-0.05, 0) is 43.9 Å². The van der Waals surface area contributed by atoms with Crippen LogP contribution in [0.1, 0.15) is 25.7 Å². The maximum Gasteiger partial charge on any atom is 0.148 e. The van der Waals surface area contributed by atoms with Crippen molar-refractivity contribution in [3.05, 3.63) is 24.0 Å². The molecule has 2 rings (SSSR count). The number of aliphatic hydroxyl groups excluding tert-OH is 1. The van der Waals surface area contributed by atoms with E-state index in [1.165, 1.54) is 6.07 Å². The van der Waals surface area contributed by atoms with Gasteiger partial charge >= 0.3 is 0 Å². The van der Waals surface area contributed by atoms with E-state index < -0.39 is 0 Å². The van der Waals surface area contributed by atoms with Crippen molar-refractivity contribution in [2.24, 2.45) is 0 Å². The highest BCUT2D eigenvalue weighted by molar-refractivity contribution is 5.55. The van der Waals surface area contributed by atoms with Crippen LogP contribution in [-0.4, -0.2) is 24.3 Å². The summed E-state index contributed by atoms with van der Waals surface area (Å²) in [6, 6.07) is 5.21. The largest absolute Gasteiger partial charge is 0.399 e. The molecule has 1 aliphatic heterocycles. The fraction of sp³-hybridized carbons (Fsp3) is 0.538. The molecule has 0 amide bonds. The standard InChI is InChI=1S/C13H19FN2O/c14-12-9-10(15)5-6-13(12)16-7-1-3-11(16)4-2-8-17/h5-6,9,11,17H,1-4,7-8,15H2. The van der Waals surface area contributed by atoms with Crippen LogP contribution in [0.25, 0.3) is 0 Å². The highest BCUT2D eigenvalue weighted by Gasteiger charge is 2.26. The SMILES string of the molecule is Nc1ccc(N2CCCC2CCCO)c(F)c1. The Bertz CT molecular complexity index is 384. The summed E-state index contributed by atoms with van der Waals surface area (Å²) in [6.07, 6.45) is 3.85. The lowest BCUT2D eigenvalue weighted by Gasteiger charge is -2.27. The predicted octanol–water partition coefficient (Wildman–Crippen LogP) is 2.15. The van der Waals surface area contributed by atoms with Gasteiger partial charge in [0.25, 0.3) is 0 Å². The normalized spacial score (nSPS) is 19.9. The number of halogens is 1. The molecule has 0 saturated carbocycles. The first-order valence-electron chi connectivity index (χ1n) is 6.15. The number of rotatable bonds is 4. The van der Waals surface area contributed by atoms with Gasteiger partial charge in [-0.1, -0.05) is 0 Å². The molecule has 1 unspecified atom stereocenters. The van der Waals surface area contributed by atoms with E-state index in [9.17, 15) is 4.39 Å². The number of benzene rings is 1. The van der Waals surface area contributed by atoms with Crippen LogP contribution in [-0.2, 0) is 0 Å². The smallest absolute Gasteiger partial charge is 0.148 e. The fourth-order valence-electron chi connectivity index (χ4n) is 2.54. The molecule has 1 heterocycles. The minimum Gasteiger partial charge on any atom is -0.399 e. The summed E-state index contributed by atoms with van der Waals surface area (Å²) < 4.78 is 13.8. The lowest BCUT2D eigenvalue weighted by Crippen LogP contribution is -2.30. The van der Waals surface area contributed by atoms with Crippen molar-refractivity contribution in [2.45, 2.75) is 31.7 Å². The van der Waals surface area contributed by atoms with Crippen LogP contribution in [0.2, 0.25) is 0 Å². The molecule has 1 aromatic rings. The first kappa shape index (κ1) is 12.2. The molecule has 1 aromatic carbocycles. The van der Waals surface area contributed by atoms with Crippen molar-refractivity contribution in [1.29, 1.82) is 0 Å². The van der Waals surface area contributed by atoms with Crippen LogP contribution in [0.4, 0.5) is 15.8 Å². The van der Waals surface area contributed by atoms with E-state index >= 15 is 0 Å². The molecule has 0 aliphatic carbocycles. The first-order chi connectivity index (χ1) is 8.22. The van der Waals surface area contributed by atoms with Gasteiger partial charge < -0.3 is 15.7 Å². The lowest BCUT2D eigenvalue weighted by molar-refractivity contribution is 0.279. The Morgan fingerprint density at radius 3 is 3.00 bits per heavy atom. The summed E-state index contributed by atoms with van der Waals surface area (Å²) in [5.41, 5.74) is 6.64. The maximum absolute atomic E-state index is 13.8. The van der Waals surface area contributed by atoms with Crippen molar-refractivity contribution in [1.82, 2.24) is 0 Å². The zero-order chi connectivity index (χ0) is 12.3. The van der Waals surface area contributed by atoms with E-state index in [0.29, 0.717) is 17.4 Å². The van der Waals surface area contributed by atoms with Crippen molar-refractivity contribution in [3.63, 3.8) is 0 Å². The summed E-state index contributed by atoms with van der Waals surface area (Å²) in [5.74, 6) is -0.249. The Morgan fingerprint density at radius 1 is 1.47 bits per heavy atom. The molecular weight excluding hydrogens is 219 g/mol. The molecule has 17 heavy (non-hydrogen) atoms. The lowest BCUT2D eigenvalue weighted by atomic mass is 10.1. The van der Waals surface area contributed by atoms with Gasteiger partial charge in [0.1, 0.15) is 5.82 Å². The van der Waals surface area contributed by atoms with Gasteiger partial charge in [-0.15, -0.1) is 0 Å². The number of nitrogens with zero attached hydrogens (tertiary/aromatic N) is 1. The van der Waals surface area contributed by atoms with E-state index in [1.54, 1.807) is 12.1 Å². The number of nitrogens with two attached hydrogens (primary N) is 1. The molecule has 0 aromatic heterocycles. The molecule has 94 valence electrons. The van der Waals surface area contributed by atoms with E-state index in [2.05, 4.69) is 4.90 Å². The van der Waals surface area contributed by atoms with Crippen molar-refractivity contribution in [3.8, 4) is 0 Å². The van der Waals surface area contributed by atoms with Crippen LogP contribution in [0.5, 0.6) is 0 Å². The molecule has 0 radical (unpaired) electrons. The monoisotopic (exact) mass is 238 g/mol. The molecule has 3 N–H and O–H groups in total. The van der Waals surface area contributed by atoms with Crippen LogP contribution in [0.15, 0.2) is 18.2 Å². The molecule has 3 nitrogen and oxygen atoms in total. The summed E-state index contributed by atoms with van der Waals surface area (Å²) in [5, 5.41) is 8.87. The van der Waals surface area contributed by atoms with Gasteiger partial charge in [0.2, 0.25) is 0 Å². The van der Waals surface area contributed by atoms with E-state index in [1.807, 2.05) is 0 Å². The van der Waals surface area contributed by atoms with Crippen LogP contribution in [0.3, 0.4) is 0 Å². The third-order valence-electron chi connectivity index (χ3n) is 3.35. The van der Waals surface area contributed by atoms with Gasteiger partial charge in [0.15, 0.2) is 0 Å². The van der Waals surface area contributed by atoms with Gasteiger partial charge in [-0.2, -0.15) is 0 Å². The molecule has 1 aliphatic rings. The average molecular weight is 238 g/mol. The Kier molecular flexibility index (Phi) is 3.84. The Labute approximate surface area is 101 Å². The van der Waals surface area contributed by atoms with Crippen molar-refractivity contribution < 1.29 is 9.50 Å². The quantitative estimate of drug-likeness (QED) is 0.790. The number of anilines is 2. The summed E-state index contributed by atoms with van der Waals surface area (Å²) >= 11 is 0. The van der Waals surface area contributed by atoms with Gasteiger partial charge in [-0.25, -0.2) is 4.39 Å². The number of hydrogen-bond acceptors (Lipinski definition) is 3. The van der Waals surface area contributed by atoms with Crippen LogP contribution >= 0.6 is 0 Å². The third kappa shape index (κ3) is 2.69. The zero-order valence-electron chi connectivity index (χ0n) is 9.90. The first-order valence-corrected chi connectivity index (χ1v) is 6.15. The van der Waals surface area contributed by atoms with E-state index in [4.69, 9.17) is 10.8 Å². The molecule has 1 saturated heterocycles. The molecule has 1 fully saturated rings. The predicted molar refractivity (Wildman–Crippen MR) is 67.5 cm³/mol. The number of aliphatic hydroxyl groups is 1. The highest BCUT2D eigenvalue weighted by atomic mass is 19.1. The highest BCUT2D eigenvalue weighted by Crippen LogP contribution is 2.30. The van der Waals surface area contributed by atoms with Crippen molar-refractivity contribution in [2.75, 3.05) is 23.8 Å². The molecule has 1 atom stereocenters. The van der Waals surface area contributed by atoms with E-state index in [-0.39, 0.29) is 12.4 Å². The maximum atomic E-state index is 13.8. The fourth-order valence-corrected chi connectivity index (χ4v) is 2.54. The Morgan fingerprint density at radius 2 is 2.29 bits per heavy atom. The molecular formula is C13H19FN2O. The minimum absolute atomic E-state index is 0.203. The third-order valence-corrected chi connectivity index (χ3v) is 3.35. The summed E-state index contributed by atoms with van der Waals surface area (Å²) in [4.78, 5) is 2.10. The van der Waals surface area contributed by atoms with Crippen LogP contribution in [0, 0.1) is 5.82 Å². The topological polar surface area (TPSA) is 49.5 Å². The second-order valence-electron chi connectivity index (χ2n) is 4.57. The number of hydrogen-bond donors (Lipinski definition) is 2. The van der Waals surface area contributed by atoms with Crippen LogP contribution < -0.4 is 10.6 Å². The second-order valence-corrected chi connectivity index (χ2v) is 4.57.